The van der Waals surface area contributed by atoms with E-state index in [0.29, 0.717) is 12.8 Å². The zero-order chi connectivity index (χ0) is 25.3. The van der Waals surface area contributed by atoms with Gasteiger partial charge in [0, 0.05) is 30.4 Å². The number of sulfone groups is 1. The van der Waals surface area contributed by atoms with E-state index < -0.39 is 37.2 Å². The van der Waals surface area contributed by atoms with Crippen LogP contribution in [0.3, 0.4) is 0 Å². The van der Waals surface area contributed by atoms with Crippen LogP contribution < -0.4 is 10.1 Å². The summed E-state index contributed by atoms with van der Waals surface area (Å²) in [6.07, 6.45) is 1.80. The molecule has 0 aromatic heterocycles. The lowest BCUT2D eigenvalue weighted by atomic mass is 10.0. The second kappa shape index (κ2) is 9.80. The van der Waals surface area contributed by atoms with E-state index in [1.165, 1.54) is 54.6 Å². The van der Waals surface area contributed by atoms with Gasteiger partial charge in [0.1, 0.15) is 0 Å². The number of carbonyl (C=O) groups is 1. The van der Waals surface area contributed by atoms with Crippen LogP contribution in [0.1, 0.15) is 26.7 Å². The zero-order valence-electron chi connectivity index (χ0n) is 18.9. The molecule has 0 bridgehead atoms. The minimum atomic E-state index is -3.80. The number of amides is 1. The second-order valence-corrected chi connectivity index (χ2v) is 13.0. The van der Waals surface area contributed by atoms with Crippen LogP contribution in [-0.2, 0) is 24.7 Å². The molecule has 0 atom stereocenters. The lowest BCUT2D eigenvalue weighted by Gasteiger charge is -2.34. The number of benzene rings is 2. The molecule has 2 aromatic rings. The number of hydrogen-bond acceptors (Lipinski definition) is 6. The maximum atomic E-state index is 14.0. The smallest absolute Gasteiger partial charge is 0.263 e. The van der Waals surface area contributed by atoms with Crippen LogP contribution in [0.15, 0.2) is 52.3 Å². The molecule has 0 unspecified atom stereocenters. The average molecular weight is 533 g/mol. The molecule has 1 saturated heterocycles. The molecule has 2 aromatic carbocycles. The number of nitrogens with zero attached hydrogens (tertiary/aromatic N) is 1. The first kappa shape index (κ1) is 26.4. The predicted molar refractivity (Wildman–Crippen MR) is 126 cm³/mol. The standard InChI is InChI=1S/C22H26ClFN2O6S2/c1-22(2,32-20-9-4-15(23)14-19(20)24)21(27)25-16-10-12-26(13-11-16)34(30,31)18-7-5-17(6-8-18)33(3,28)29/h4-9,14,16H,10-13H2,1-3H3,(H,25,27). The third kappa shape index (κ3) is 6.07. The molecule has 0 radical (unpaired) electrons. The molecule has 3 rings (SSSR count). The van der Waals surface area contributed by atoms with Gasteiger partial charge >= 0.3 is 0 Å². The molecule has 12 heteroatoms. The van der Waals surface area contributed by atoms with E-state index in [2.05, 4.69) is 5.32 Å². The summed E-state index contributed by atoms with van der Waals surface area (Å²) in [6, 6.07) is 8.68. The summed E-state index contributed by atoms with van der Waals surface area (Å²) in [5.74, 6) is -1.25. The first-order valence-corrected chi connectivity index (χ1v) is 14.2. The van der Waals surface area contributed by atoms with Gasteiger partial charge in [-0.25, -0.2) is 21.2 Å². The number of halogens is 2. The minimum Gasteiger partial charge on any atom is -0.475 e. The van der Waals surface area contributed by atoms with E-state index in [0.717, 1.165) is 12.3 Å². The molecule has 0 saturated carbocycles. The van der Waals surface area contributed by atoms with E-state index >= 15 is 0 Å². The number of nitrogens with one attached hydrogen (secondary N) is 1. The largest absolute Gasteiger partial charge is 0.475 e. The Hall–Kier alpha value is -2.21. The molecule has 0 spiro atoms. The van der Waals surface area contributed by atoms with Gasteiger partial charge in [-0.3, -0.25) is 4.79 Å². The number of ether oxygens (including phenoxy) is 1. The Morgan fingerprint density at radius 1 is 1.06 bits per heavy atom. The molecule has 1 amide bonds. The van der Waals surface area contributed by atoms with Crippen LogP contribution in [0.5, 0.6) is 5.75 Å². The first-order chi connectivity index (χ1) is 15.7. The van der Waals surface area contributed by atoms with E-state index in [9.17, 15) is 26.0 Å². The van der Waals surface area contributed by atoms with Crippen molar-refractivity contribution in [2.24, 2.45) is 0 Å². The van der Waals surface area contributed by atoms with Crippen molar-refractivity contribution in [1.29, 1.82) is 0 Å². The number of rotatable bonds is 7. The van der Waals surface area contributed by atoms with Crippen LogP contribution in [0.2, 0.25) is 5.02 Å². The van der Waals surface area contributed by atoms with Gasteiger partial charge in [-0.05, 0) is 69.2 Å². The second-order valence-electron chi connectivity index (χ2n) is 8.58. The van der Waals surface area contributed by atoms with Crippen molar-refractivity contribution in [3.8, 4) is 5.75 Å². The Balaban J connectivity index is 1.60. The van der Waals surface area contributed by atoms with Gasteiger partial charge in [-0.2, -0.15) is 4.31 Å². The fraction of sp³-hybridized carbons (Fsp3) is 0.409. The number of carbonyl (C=O) groups excluding carboxylic acids is 1. The lowest BCUT2D eigenvalue weighted by Crippen LogP contribution is -2.53. The van der Waals surface area contributed by atoms with Gasteiger partial charge in [0.25, 0.3) is 5.91 Å². The van der Waals surface area contributed by atoms with Gasteiger partial charge < -0.3 is 10.1 Å². The van der Waals surface area contributed by atoms with Crippen molar-refractivity contribution in [2.75, 3.05) is 19.3 Å². The summed E-state index contributed by atoms with van der Waals surface area (Å²) in [5, 5.41) is 3.05. The number of hydrogen-bond donors (Lipinski definition) is 1. The lowest BCUT2D eigenvalue weighted by molar-refractivity contribution is -0.135. The van der Waals surface area contributed by atoms with E-state index in [-0.39, 0.29) is 39.7 Å². The number of sulfonamides is 1. The molecule has 1 N–H and O–H groups in total. The molecule has 8 nitrogen and oxygen atoms in total. The third-order valence-corrected chi connectivity index (χ3v) is 8.76. The molecular formula is C22H26ClFN2O6S2. The summed E-state index contributed by atoms with van der Waals surface area (Å²) in [4.78, 5) is 12.8. The maximum Gasteiger partial charge on any atom is 0.263 e. The molecular weight excluding hydrogens is 507 g/mol. The Labute approximate surface area is 204 Å². The Morgan fingerprint density at radius 3 is 2.15 bits per heavy atom. The average Bonchev–Trinajstić information content (AvgIpc) is 2.75. The summed E-state index contributed by atoms with van der Waals surface area (Å²) in [6.45, 7) is 3.37. The third-order valence-electron chi connectivity index (χ3n) is 5.48. The maximum absolute atomic E-state index is 14.0. The fourth-order valence-corrected chi connectivity index (χ4v) is 5.75. The van der Waals surface area contributed by atoms with Gasteiger partial charge in [0.2, 0.25) is 10.0 Å². The molecule has 1 aliphatic rings. The highest BCUT2D eigenvalue weighted by atomic mass is 35.5. The zero-order valence-corrected chi connectivity index (χ0v) is 21.3. The van der Waals surface area contributed by atoms with Crippen molar-refractivity contribution >= 4 is 37.4 Å². The summed E-state index contributed by atoms with van der Waals surface area (Å²) >= 11 is 5.74. The highest BCUT2D eigenvalue weighted by Crippen LogP contribution is 2.26. The van der Waals surface area contributed by atoms with Crippen LogP contribution >= 0.6 is 11.6 Å². The van der Waals surface area contributed by atoms with Crippen LogP contribution in [0.25, 0.3) is 0 Å². The van der Waals surface area contributed by atoms with Crippen molar-refractivity contribution < 1.29 is 30.8 Å². The van der Waals surface area contributed by atoms with E-state index in [4.69, 9.17) is 16.3 Å². The highest BCUT2D eigenvalue weighted by Gasteiger charge is 2.35. The summed E-state index contributed by atoms with van der Waals surface area (Å²) in [5.41, 5.74) is -1.38. The molecule has 34 heavy (non-hydrogen) atoms. The van der Waals surface area contributed by atoms with E-state index in [1.807, 2.05) is 0 Å². The van der Waals surface area contributed by atoms with Gasteiger partial charge in [0.15, 0.2) is 27.0 Å². The van der Waals surface area contributed by atoms with Crippen LogP contribution in [0, 0.1) is 5.82 Å². The summed E-state index contributed by atoms with van der Waals surface area (Å²) in [7, 11) is -7.24. The predicted octanol–water partition coefficient (Wildman–Crippen LogP) is 3.01. The topological polar surface area (TPSA) is 110 Å². The fourth-order valence-electron chi connectivity index (χ4n) is 3.49. The molecule has 0 aliphatic carbocycles. The Morgan fingerprint density at radius 2 is 1.62 bits per heavy atom. The normalized spacial score (nSPS) is 16.3. The minimum absolute atomic E-state index is 0.00177. The Bertz CT molecular complexity index is 1270. The van der Waals surface area contributed by atoms with Crippen molar-refractivity contribution in [2.45, 2.75) is 48.1 Å². The highest BCUT2D eigenvalue weighted by molar-refractivity contribution is 7.90. The van der Waals surface area contributed by atoms with Crippen LogP contribution in [0.4, 0.5) is 4.39 Å². The number of piperidine rings is 1. The monoisotopic (exact) mass is 532 g/mol. The molecule has 1 heterocycles. The molecule has 1 fully saturated rings. The first-order valence-electron chi connectivity index (χ1n) is 10.5. The van der Waals surface area contributed by atoms with Gasteiger partial charge in [0.05, 0.1) is 9.79 Å². The molecule has 1 aliphatic heterocycles. The SMILES string of the molecule is CC(C)(Oc1ccc(Cl)cc1F)C(=O)NC1CCN(S(=O)(=O)c2ccc(S(C)(=O)=O)cc2)CC1. The molecule has 186 valence electrons. The van der Waals surface area contributed by atoms with E-state index in [1.54, 1.807) is 0 Å². The Kier molecular flexibility index (Phi) is 7.61. The van der Waals surface area contributed by atoms with Crippen molar-refractivity contribution in [1.82, 2.24) is 9.62 Å². The summed E-state index contributed by atoms with van der Waals surface area (Å²) < 4.78 is 69.9. The van der Waals surface area contributed by atoms with Gasteiger partial charge in [-0.1, -0.05) is 11.6 Å². The van der Waals surface area contributed by atoms with Gasteiger partial charge in [-0.15, -0.1) is 0 Å². The van der Waals surface area contributed by atoms with Crippen molar-refractivity contribution in [3.05, 3.63) is 53.3 Å². The van der Waals surface area contributed by atoms with Crippen molar-refractivity contribution in [3.63, 3.8) is 0 Å². The van der Waals surface area contributed by atoms with Crippen LogP contribution in [-0.4, -0.2) is 58.0 Å². The quantitative estimate of drug-likeness (QED) is 0.587.